The molecule has 2 aliphatic rings. The fourth-order valence-corrected chi connectivity index (χ4v) is 6.46. The number of rotatable bonds is 5. The van der Waals surface area contributed by atoms with E-state index in [1.807, 2.05) is 7.05 Å². The standard InChI is InChI=1S/C26H31FN6O3S/c1-32(2)25(36)14-6-8-26(28,22(34)19-11-15-10-16(27)4-5-17(15)29-19)21(12-14)31-23(35)24-30-18-7-9-33(3)13-20(18)37-24/h4-5,10-11,14,21,29H,6-9,12-13,28H2,1-3H3,(H,31,35). The van der Waals surface area contributed by atoms with Crippen molar-refractivity contribution in [1.82, 2.24) is 25.1 Å². The maximum absolute atomic E-state index is 13.8. The number of carbonyl (C=O) groups is 3. The zero-order valence-electron chi connectivity index (χ0n) is 21.1. The molecule has 0 bridgehead atoms. The summed E-state index contributed by atoms with van der Waals surface area (Å²) < 4.78 is 13.7. The van der Waals surface area contributed by atoms with Crippen LogP contribution < -0.4 is 11.1 Å². The second-order valence-electron chi connectivity index (χ2n) is 10.4. The minimum absolute atomic E-state index is 0.0671. The van der Waals surface area contributed by atoms with E-state index in [1.54, 1.807) is 26.2 Å². The maximum atomic E-state index is 13.8. The molecule has 2 aromatic heterocycles. The van der Waals surface area contributed by atoms with Gasteiger partial charge in [-0.3, -0.25) is 14.4 Å². The number of ketones is 1. The van der Waals surface area contributed by atoms with E-state index in [1.165, 1.54) is 28.4 Å². The Morgan fingerprint density at radius 3 is 2.84 bits per heavy atom. The number of hydrogen-bond donors (Lipinski definition) is 3. The molecule has 0 spiro atoms. The van der Waals surface area contributed by atoms with Crippen LogP contribution in [0, 0.1) is 11.7 Å². The van der Waals surface area contributed by atoms with E-state index < -0.39 is 23.3 Å². The first kappa shape index (κ1) is 25.5. The first-order valence-electron chi connectivity index (χ1n) is 12.4. The number of carbonyl (C=O) groups excluding carboxylic acids is 3. The van der Waals surface area contributed by atoms with E-state index in [9.17, 15) is 18.8 Å². The second kappa shape index (κ2) is 9.62. The number of H-pyrrole nitrogens is 1. The van der Waals surface area contributed by atoms with Gasteiger partial charge in [0.15, 0.2) is 5.01 Å². The molecule has 3 aromatic rings. The molecular weight excluding hydrogens is 495 g/mol. The van der Waals surface area contributed by atoms with Crippen molar-refractivity contribution in [3.8, 4) is 0 Å². The molecule has 9 nitrogen and oxygen atoms in total. The van der Waals surface area contributed by atoms with Crippen LogP contribution in [-0.2, 0) is 17.8 Å². The number of nitrogens with one attached hydrogen (secondary N) is 2. The number of fused-ring (bicyclic) bond motifs is 2. The van der Waals surface area contributed by atoms with Crippen LogP contribution in [-0.4, -0.2) is 76.6 Å². The molecule has 1 aromatic carbocycles. The van der Waals surface area contributed by atoms with Crippen LogP contribution in [0.25, 0.3) is 10.9 Å². The van der Waals surface area contributed by atoms with Gasteiger partial charge < -0.3 is 25.8 Å². The van der Waals surface area contributed by atoms with Crippen molar-refractivity contribution in [2.75, 3.05) is 27.7 Å². The summed E-state index contributed by atoms with van der Waals surface area (Å²) in [5.41, 5.74) is 7.14. The molecule has 3 heterocycles. The highest BCUT2D eigenvalue weighted by molar-refractivity contribution is 7.13. The monoisotopic (exact) mass is 526 g/mol. The summed E-state index contributed by atoms with van der Waals surface area (Å²) in [6.07, 6.45) is 1.63. The number of thiazole rings is 1. The van der Waals surface area contributed by atoms with Gasteiger partial charge in [-0.25, -0.2) is 9.37 Å². The third-order valence-electron chi connectivity index (χ3n) is 7.51. The number of nitrogens with zero attached hydrogens (tertiary/aromatic N) is 3. The molecule has 1 aliphatic carbocycles. The zero-order chi connectivity index (χ0) is 26.5. The van der Waals surface area contributed by atoms with E-state index in [0.29, 0.717) is 22.3 Å². The first-order valence-corrected chi connectivity index (χ1v) is 13.2. The van der Waals surface area contributed by atoms with Gasteiger partial charge in [0.05, 0.1) is 17.4 Å². The van der Waals surface area contributed by atoms with Gasteiger partial charge in [-0.2, -0.15) is 0 Å². The van der Waals surface area contributed by atoms with Crippen molar-refractivity contribution in [3.05, 3.63) is 51.4 Å². The van der Waals surface area contributed by atoms with E-state index in [-0.39, 0.29) is 36.1 Å². The average molecular weight is 527 g/mol. The summed E-state index contributed by atoms with van der Waals surface area (Å²) in [6.45, 7) is 1.62. The minimum Gasteiger partial charge on any atom is -0.352 e. The van der Waals surface area contributed by atoms with Crippen molar-refractivity contribution < 1.29 is 18.8 Å². The third-order valence-corrected chi connectivity index (χ3v) is 8.59. The highest BCUT2D eigenvalue weighted by atomic mass is 32.1. The molecule has 2 amide bonds. The Labute approximate surface area is 218 Å². The number of likely N-dealkylation sites (N-methyl/N-ethyl adjacent to an activating group) is 1. The van der Waals surface area contributed by atoms with Gasteiger partial charge in [0, 0.05) is 55.3 Å². The van der Waals surface area contributed by atoms with Crippen LogP contribution in [0.3, 0.4) is 0 Å². The number of aromatic nitrogens is 2. The van der Waals surface area contributed by atoms with Crippen LogP contribution in [0.4, 0.5) is 4.39 Å². The topological polar surface area (TPSA) is 124 Å². The van der Waals surface area contributed by atoms with E-state index in [2.05, 4.69) is 20.2 Å². The second-order valence-corrected chi connectivity index (χ2v) is 11.5. The quantitative estimate of drug-likeness (QED) is 0.439. The molecule has 11 heteroatoms. The normalized spacial score (nSPS) is 24.0. The smallest absolute Gasteiger partial charge is 0.280 e. The van der Waals surface area contributed by atoms with Gasteiger partial charge >= 0.3 is 0 Å². The minimum atomic E-state index is -1.45. The lowest BCUT2D eigenvalue weighted by molar-refractivity contribution is -0.134. The zero-order valence-corrected chi connectivity index (χ0v) is 22.0. The molecule has 37 heavy (non-hydrogen) atoms. The lowest BCUT2D eigenvalue weighted by Gasteiger charge is -2.43. The molecular formula is C26H31FN6O3S. The Hall–Kier alpha value is -3.15. The Kier molecular flexibility index (Phi) is 6.63. The number of aromatic amines is 1. The third kappa shape index (κ3) is 4.78. The van der Waals surface area contributed by atoms with Crippen LogP contribution in [0.5, 0.6) is 0 Å². The summed E-state index contributed by atoms with van der Waals surface area (Å²) in [6, 6.07) is 5.02. The number of nitrogens with two attached hydrogens (primary N) is 1. The summed E-state index contributed by atoms with van der Waals surface area (Å²) in [7, 11) is 5.40. The lowest BCUT2D eigenvalue weighted by atomic mass is 9.70. The van der Waals surface area contributed by atoms with Crippen LogP contribution in [0.1, 0.15) is 50.1 Å². The first-order chi connectivity index (χ1) is 17.5. The van der Waals surface area contributed by atoms with Crippen molar-refractivity contribution in [2.24, 2.45) is 11.7 Å². The Balaban J connectivity index is 1.44. The highest BCUT2D eigenvalue weighted by Gasteiger charge is 2.49. The molecule has 1 aliphatic heterocycles. The Bertz CT molecular complexity index is 1380. The number of amides is 2. The van der Waals surface area contributed by atoms with Gasteiger partial charge in [-0.15, -0.1) is 11.3 Å². The molecule has 4 N–H and O–H groups in total. The number of hydrogen-bond acceptors (Lipinski definition) is 7. The number of Topliss-reactive ketones (excluding diaryl/α,β-unsaturated/α-hetero) is 1. The molecule has 196 valence electrons. The van der Waals surface area contributed by atoms with Crippen LogP contribution in [0.2, 0.25) is 0 Å². The van der Waals surface area contributed by atoms with E-state index >= 15 is 0 Å². The van der Waals surface area contributed by atoms with Crippen molar-refractivity contribution >= 4 is 39.8 Å². The Morgan fingerprint density at radius 1 is 1.30 bits per heavy atom. The van der Waals surface area contributed by atoms with Crippen LogP contribution in [0.15, 0.2) is 24.3 Å². The molecule has 3 unspecified atom stereocenters. The van der Waals surface area contributed by atoms with E-state index in [4.69, 9.17) is 5.73 Å². The van der Waals surface area contributed by atoms with Crippen molar-refractivity contribution in [3.63, 3.8) is 0 Å². The van der Waals surface area contributed by atoms with Gasteiger partial charge in [0.2, 0.25) is 11.7 Å². The summed E-state index contributed by atoms with van der Waals surface area (Å²) >= 11 is 1.35. The molecule has 5 rings (SSSR count). The maximum Gasteiger partial charge on any atom is 0.280 e. The fraction of sp³-hybridized carbons (Fsp3) is 0.462. The number of benzene rings is 1. The van der Waals surface area contributed by atoms with E-state index in [0.717, 1.165) is 30.1 Å². The van der Waals surface area contributed by atoms with Crippen molar-refractivity contribution in [1.29, 1.82) is 0 Å². The van der Waals surface area contributed by atoms with Gasteiger partial charge in [0.1, 0.15) is 11.4 Å². The van der Waals surface area contributed by atoms with Gasteiger partial charge in [-0.1, -0.05) is 0 Å². The van der Waals surface area contributed by atoms with Gasteiger partial charge in [-0.05, 0) is 50.6 Å². The van der Waals surface area contributed by atoms with Gasteiger partial charge in [0.25, 0.3) is 5.91 Å². The molecule has 0 saturated heterocycles. The summed E-state index contributed by atoms with van der Waals surface area (Å²) in [4.78, 5) is 52.3. The summed E-state index contributed by atoms with van der Waals surface area (Å²) in [5, 5.41) is 3.86. The van der Waals surface area contributed by atoms with Crippen molar-refractivity contribution in [2.45, 2.75) is 43.8 Å². The predicted octanol–water partition coefficient (Wildman–Crippen LogP) is 2.32. The molecule has 3 atom stereocenters. The number of halogens is 1. The summed E-state index contributed by atoms with van der Waals surface area (Å²) in [5.74, 6) is -1.63. The SMILES string of the molecule is CN1CCc2nc(C(=O)NC3CC(C(=O)N(C)C)CCC3(N)C(=O)c3cc4cc(F)ccc4[nH]3)sc2C1. The molecule has 0 radical (unpaired) electrons. The molecule has 1 fully saturated rings. The Morgan fingerprint density at radius 2 is 2.08 bits per heavy atom. The van der Waals surface area contributed by atoms with Crippen LogP contribution >= 0.6 is 11.3 Å². The average Bonchev–Trinajstić information content (AvgIpc) is 3.47. The predicted molar refractivity (Wildman–Crippen MR) is 139 cm³/mol. The fourth-order valence-electron chi connectivity index (χ4n) is 5.37. The highest BCUT2D eigenvalue weighted by Crippen LogP contribution is 2.35. The molecule has 1 saturated carbocycles. The lowest BCUT2D eigenvalue weighted by Crippen LogP contribution is -2.66. The largest absolute Gasteiger partial charge is 0.352 e.